The Morgan fingerprint density at radius 2 is 1.74 bits per heavy atom. The Morgan fingerprint density at radius 1 is 1.09 bits per heavy atom. The van der Waals surface area contributed by atoms with Crippen molar-refractivity contribution in [3.05, 3.63) is 78.9 Å². The predicted molar refractivity (Wildman–Crippen MR) is 133 cm³/mol. The molecule has 1 aliphatic rings. The molecule has 0 atom stereocenters. The SMILES string of the molecule is C=CCN(CC=C)C(=O)c1ccc(NC(=O)Cc2ccc(S(=O)(=O)CC3CC3)cc2)cc1OC. The zero-order valence-corrected chi connectivity index (χ0v) is 20.1. The molecule has 2 aromatic carbocycles. The molecule has 2 amide bonds. The number of nitrogens with one attached hydrogen (secondary N) is 1. The number of amides is 2. The Bertz CT molecular complexity index is 1160. The lowest BCUT2D eigenvalue weighted by atomic mass is 10.1. The molecule has 0 spiro atoms. The van der Waals surface area contributed by atoms with Crippen LogP contribution in [0.15, 0.2) is 72.7 Å². The maximum absolute atomic E-state index is 12.9. The molecule has 1 fully saturated rings. The number of benzene rings is 2. The quantitative estimate of drug-likeness (QED) is 0.464. The van der Waals surface area contributed by atoms with Crippen molar-refractivity contribution >= 4 is 27.3 Å². The third-order valence-electron chi connectivity index (χ3n) is 5.50. The predicted octanol–water partition coefficient (Wildman–Crippen LogP) is 3.87. The van der Waals surface area contributed by atoms with Crippen LogP contribution in [0, 0.1) is 5.92 Å². The van der Waals surface area contributed by atoms with E-state index in [9.17, 15) is 18.0 Å². The van der Waals surface area contributed by atoms with Crippen molar-refractivity contribution in [3.63, 3.8) is 0 Å². The van der Waals surface area contributed by atoms with Gasteiger partial charge in [0.1, 0.15) is 5.75 Å². The van der Waals surface area contributed by atoms with Gasteiger partial charge < -0.3 is 15.0 Å². The van der Waals surface area contributed by atoms with Gasteiger partial charge in [-0.15, -0.1) is 13.2 Å². The monoisotopic (exact) mass is 482 g/mol. The van der Waals surface area contributed by atoms with E-state index in [4.69, 9.17) is 4.74 Å². The van der Waals surface area contributed by atoms with E-state index in [1.165, 1.54) is 7.11 Å². The first-order valence-electron chi connectivity index (χ1n) is 11.1. The fourth-order valence-corrected chi connectivity index (χ4v) is 5.26. The van der Waals surface area contributed by atoms with Crippen LogP contribution < -0.4 is 10.1 Å². The molecule has 34 heavy (non-hydrogen) atoms. The molecule has 1 saturated carbocycles. The molecule has 8 heteroatoms. The van der Waals surface area contributed by atoms with Gasteiger partial charge in [-0.3, -0.25) is 9.59 Å². The van der Waals surface area contributed by atoms with E-state index >= 15 is 0 Å². The van der Waals surface area contributed by atoms with Crippen LogP contribution in [0.3, 0.4) is 0 Å². The maximum Gasteiger partial charge on any atom is 0.258 e. The summed E-state index contributed by atoms with van der Waals surface area (Å²) in [5.41, 5.74) is 1.55. The summed E-state index contributed by atoms with van der Waals surface area (Å²) in [5.74, 6) is 0.305. The van der Waals surface area contributed by atoms with Crippen molar-refractivity contribution in [2.75, 3.05) is 31.3 Å². The zero-order chi connectivity index (χ0) is 24.7. The summed E-state index contributed by atoms with van der Waals surface area (Å²) in [6.07, 6.45) is 5.30. The van der Waals surface area contributed by atoms with Crippen molar-refractivity contribution in [2.24, 2.45) is 5.92 Å². The summed E-state index contributed by atoms with van der Waals surface area (Å²) in [7, 11) is -1.82. The third-order valence-corrected chi connectivity index (χ3v) is 7.40. The van der Waals surface area contributed by atoms with Crippen LogP contribution in [-0.4, -0.2) is 51.1 Å². The Hall–Kier alpha value is -3.39. The summed E-state index contributed by atoms with van der Waals surface area (Å²) < 4.78 is 30.1. The van der Waals surface area contributed by atoms with Crippen molar-refractivity contribution in [3.8, 4) is 5.75 Å². The molecule has 7 nitrogen and oxygen atoms in total. The van der Waals surface area contributed by atoms with Gasteiger partial charge in [0.15, 0.2) is 9.84 Å². The van der Waals surface area contributed by atoms with E-state index in [2.05, 4.69) is 18.5 Å². The molecule has 0 heterocycles. The fraction of sp³-hybridized carbons (Fsp3) is 0.308. The number of hydrogen-bond donors (Lipinski definition) is 1. The first-order chi connectivity index (χ1) is 16.3. The number of carbonyl (C=O) groups is 2. The number of methoxy groups -OCH3 is 1. The third kappa shape index (κ3) is 6.57. The van der Waals surface area contributed by atoms with Gasteiger partial charge >= 0.3 is 0 Å². The van der Waals surface area contributed by atoms with Crippen LogP contribution >= 0.6 is 0 Å². The molecule has 3 rings (SSSR count). The molecule has 1 aliphatic carbocycles. The van der Waals surface area contributed by atoms with Gasteiger partial charge in [-0.05, 0) is 48.6 Å². The number of anilines is 1. The second-order valence-corrected chi connectivity index (χ2v) is 10.3. The average molecular weight is 483 g/mol. The van der Waals surface area contributed by atoms with Crippen LogP contribution in [0.4, 0.5) is 5.69 Å². The minimum absolute atomic E-state index is 0.0817. The molecule has 0 aromatic heterocycles. The standard InChI is InChI=1S/C26H30N2O5S/c1-4-14-28(15-5-2)26(30)23-13-10-21(17-24(23)33-3)27-25(29)16-19-8-11-22(12-9-19)34(31,32)18-20-6-7-20/h4-5,8-13,17,20H,1-2,6-7,14-16,18H2,3H3,(H,27,29). The lowest BCUT2D eigenvalue weighted by Gasteiger charge is -2.21. The lowest BCUT2D eigenvalue weighted by molar-refractivity contribution is -0.115. The second kappa shape index (κ2) is 11.2. The van der Waals surface area contributed by atoms with Gasteiger partial charge in [0.25, 0.3) is 5.91 Å². The molecule has 0 bridgehead atoms. The first-order valence-corrected chi connectivity index (χ1v) is 12.7. The van der Waals surface area contributed by atoms with Crippen molar-refractivity contribution in [1.29, 1.82) is 0 Å². The number of ether oxygens (including phenoxy) is 1. The van der Waals surface area contributed by atoms with Gasteiger partial charge in [0.2, 0.25) is 5.91 Å². The molecule has 0 aliphatic heterocycles. The Labute approximate surface area is 201 Å². The molecule has 0 unspecified atom stereocenters. The highest BCUT2D eigenvalue weighted by Gasteiger charge is 2.29. The highest BCUT2D eigenvalue weighted by Crippen LogP contribution is 2.32. The lowest BCUT2D eigenvalue weighted by Crippen LogP contribution is -2.31. The fourth-order valence-electron chi connectivity index (χ4n) is 3.56. The summed E-state index contributed by atoms with van der Waals surface area (Å²) in [6.45, 7) is 8.09. The van der Waals surface area contributed by atoms with Gasteiger partial charge in [-0.25, -0.2) is 8.42 Å². The minimum atomic E-state index is -3.28. The highest BCUT2D eigenvalue weighted by molar-refractivity contribution is 7.91. The Morgan fingerprint density at radius 3 is 2.29 bits per heavy atom. The molecule has 180 valence electrons. The zero-order valence-electron chi connectivity index (χ0n) is 19.3. The van der Waals surface area contributed by atoms with E-state index in [1.807, 2.05) is 0 Å². The van der Waals surface area contributed by atoms with Crippen LogP contribution in [-0.2, 0) is 21.1 Å². The topological polar surface area (TPSA) is 92.8 Å². The van der Waals surface area contributed by atoms with E-state index in [0.29, 0.717) is 35.7 Å². The normalized spacial score (nSPS) is 13.1. The van der Waals surface area contributed by atoms with Crippen LogP contribution in [0.5, 0.6) is 5.75 Å². The molecule has 0 radical (unpaired) electrons. The minimum Gasteiger partial charge on any atom is -0.496 e. The van der Waals surface area contributed by atoms with Crippen LogP contribution in [0.25, 0.3) is 0 Å². The number of carbonyl (C=O) groups excluding carboxylic acids is 2. The summed E-state index contributed by atoms with van der Waals surface area (Å²) in [4.78, 5) is 27.3. The van der Waals surface area contributed by atoms with Gasteiger partial charge in [0.05, 0.1) is 29.7 Å². The summed E-state index contributed by atoms with van der Waals surface area (Å²) in [5, 5.41) is 2.80. The number of sulfone groups is 1. The number of rotatable bonds is 12. The average Bonchev–Trinajstić information content (AvgIpc) is 3.62. The van der Waals surface area contributed by atoms with Gasteiger partial charge in [-0.1, -0.05) is 24.3 Å². The number of hydrogen-bond acceptors (Lipinski definition) is 5. The molecule has 2 aromatic rings. The van der Waals surface area contributed by atoms with Crippen LogP contribution in [0.2, 0.25) is 0 Å². The van der Waals surface area contributed by atoms with Gasteiger partial charge in [0, 0.05) is 24.8 Å². The summed E-state index contributed by atoms with van der Waals surface area (Å²) >= 11 is 0. The molecular weight excluding hydrogens is 452 g/mol. The van der Waals surface area contributed by atoms with Crippen LogP contribution in [0.1, 0.15) is 28.8 Å². The Kier molecular flexibility index (Phi) is 8.28. The summed E-state index contributed by atoms with van der Waals surface area (Å²) in [6, 6.07) is 11.3. The van der Waals surface area contributed by atoms with E-state index in [0.717, 1.165) is 12.8 Å². The molecule has 1 N–H and O–H groups in total. The number of nitrogens with zero attached hydrogens (tertiary/aromatic N) is 1. The highest BCUT2D eigenvalue weighted by atomic mass is 32.2. The van der Waals surface area contributed by atoms with Crippen molar-refractivity contribution < 1.29 is 22.7 Å². The Balaban J connectivity index is 1.66. The van der Waals surface area contributed by atoms with E-state index in [-0.39, 0.29) is 34.8 Å². The smallest absolute Gasteiger partial charge is 0.258 e. The van der Waals surface area contributed by atoms with Crippen molar-refractivity contribution in [2.45, 2.75) is 24.2 Å². The van der Waals surface area contributed by atoms with E-state index in [1.54, 1.807) is 59.5 Å². The molecule has 0 saturated heterocycles. The maximum atomic E-state index is 12.9. The van der Waals surface area contributed by atoms with Gasteiger partial charge in [-0.2, -0.15) is 0 Å². The van der Waals surface area contributed by atoms with E-state index < -0.39 is 9.84 Å². The van der Waals surface area contributed by atoms with Crippen molar-refractivity contribution in [1.82, 2.24) is 4.90 Å². The molecular formula is C26H30N2O5S. The largest absolute Gasteiger partial charge is 0.496 e. The first kappa shape index (κ1) is 25.2. The second-order valence-electron chi connectivity index (χ2n) is 8.30.